The first-order chi connectivity index (χ1) is 42.7. The number of unbranched alkanes of at least 4 members (excludes halogenated alkanes) is 31. The molecule has 0 aromatic carbocycles. The maximum absolute atomic E-state index is 13.0. The van der Waals surface area contributed by atoms with Crippen LogP contribution in [0.1, 0.15) is 344 Å². The van der Waals surface area contributed by atoms with E-state index in [1.54, 1.807) is 0 Å². The lowest BCUT2D eigenvalue weighted by atomic mass is 9.99. The summed E-state index contributed by atoms with van der Waals surface area (Å²) < 4.78 is 68.3. The van der Waals surface area contributed by atoms with Gasteiger partial charge in [0.25, 0.3) is 0 Å². The first-order valence-corrected chi connectivity index (χ1v) is 39.3. The number of carbonyl (C=O) groups excluding carboxylic acids is 4. The number of carbonyl (C=O) groups is 4. The van der Waals surface area contributed by atoms with Crippen LogP contribution in [0.25, 0.3) is 0 Å². The summed E-state index contributed by atoms with van der Waals surface area (Å²) in [4.78, 5) is 72.6. The summed E-state index contributed by atoms with van der Waals surface area (Å²) in [5.74, 6) is 0.899. The molecule has 7 atom stereocenters. The van der Waals surface area contributed by atoms with Crippen LogP contribution in [0.15, 0.2) is 0 Å². The molecule has 0 radical (unpaired) electrons. The van der Waals surface area contributed by atoms with Gasteiger partial charge in [-0.25, -0.2) is 9.13 Å². The fourth-order valence-corrected chi connectivity index (χ4v) is 12.0. The first kappa shape index (κ1) is 87.1. The smallest absolute Gasteiger partial charge is 0.462 e. The Bertz CT molecular complexity index is 1770. The Labute approximate surface area is 543 Å². The zero-order valence-electron chi connectivity index (χ0n) is 58.1. The fourth-order valence-electron chi connectivity index (χ4n) is 10.4. The molecule has 3 N–H and O–H groups in total. The van der Waals surface area contributed by atoms with Crippen molar-refractivity contribution in [3.63, 3.8) is 0 Å². The third-order valence-electron chi connectivity index (χ3n) is 16.8. The van der Waals surface area contributed by atoms with E-state index in [1.165, 1.54) is 141 Å². The third-order valence-corrected chi connectivity index (χ3v) is 18.7. The summed E-state index contributed by atoms with van der Waals surface area (Å²) in [5.41, 5.74) is 0. The molecule has 0 aromatic rings. The molecule has 4 unspecified atom stereocenters. The van der Waals surface area contributed by atoms with Crippen LogP contribution in [-0.4, -0.2) is 96.7 Å². The monoisotopic (exact) mass is 1310 g/mol. The van der Waals surface area contributed by atoms with Gasteiger partial charge >= 0.3 is 39.5 Å². The van der Waals surface area contributed by atoms with E-state index in [0.717, 1.165) is 120 Å². The van der Waals surface area contributed by atoms with Gasteiger partial charge in [-0.15, -0.1) is 0 Å². The lowest BCUT2D eigenvalue weighted by Crippen LogP contribution is -2.30. The van der Waals surface area contributed by atoms with Crippen LogP contribution in [0.3, 0.4) is 0 Å². The molecule has 528 valence electrons. The Balaban J connectivity index is 5.27. The van der Waals surface area contributed by atoms with Gasteiger partial charge in [0.1, 0.15) is 19.3 Å². The van der Waals surface area contributed by atoms with Gasteiger partial charge in [-0.05, 0) is 49.4 Å². The van der Waals surface area contributed by atoms with Gasteiger partial charge in [0.05, 0.1) is 26.4 Å². The van der Waals surface area contributed by atoms with E-state index in [1.807, 2.05) is 0 Å². The molecule has 0 bridgehead atoms. The van der Waals surface area contributed by atoms with Crippen molar-refractivity contribution in [1.29, 1.82) is 0 Å². The van der Waals surface area contributed by atoms with E-state index >= 15 is 0 Å². The number of hydrogen-bond donors (Lipinski definition) is 3. The molecule has 0 spiro atoms. The Hall–Kier alpha value is -1.94. The molecule has 89 heavy (non-hydrogen) atoms. The maximum Gasteiger partial charge on any atom is 0.472 e. The lowest BCUT2D eigenvalue weighted by molar-refractivity contribution is -0.161. The predicted molar refractivity (Wildman–Crippen MR) is 358 cm³/mol. The highest BCUT2D eigenvalue weighted by atomic mass is 31.2. The van der Waals surface area contributed by atoms with Crippen molar-refractivity contribution in [3.05, 3.63) is 0 Å². The molecule has 0 aliphatic carbocycles. The number of ether oxygens (including phenoxy) is 4. The second kappa shape index (κ2) is 59.8. The van der Waals surface area contributed by atoms with E-state index in [0.29, 0.717) is 25.7 Å². The number of esters is 4. The average molecular weight is 1310 g/mol. The quantitative estimate of drug-likeness (QED) is 0.0222. The van der Waals surface area contributed by atoms with Gasteiger partial charge < -0.3 is 33.8 Å². The molecular weight excluding hydrogens is 1170 g/mol. The number of phosphoric ester groups is 2. The highest BCUT2D eigenvalue weighted by Crippen LogP contribution is 2.45. The Morgan fingerprint density at radius 3 is 0.798 bits per heavy atom. The molecule has 0 saturated heterocycles. The fraction of sp³-hybridized carbons (Fsp3) is 0.943. The van der Waals surface area contributed by atoms with Gasteiger partial charge in [-0.3, -0.25) is 37.3 Å². The van der Waals surface area contributed by atoms with Crippen molar-refractivity contribution in [3.8, 4) is 0 Å². The minimum atomic E-state index is -4.95. The van der Waals surface area contributed by atoms with Gasteiger partial charge in [0.2, 0.25) is 0 Å². The molecule has 0 amide bonds. The number of aliphatic hydroxyl groups is 1. The van der Waals surface area contributed by atoms with Crippen molar-refractivity contribution in [1.82, 2.24) is 0 Å². The Morgan fingerprint density at radius 2 is 0.539 bits per heavy atom. The Kier molecular flexibility index (Phi) is 58.5. The van der Waals surface area contributed by atoms with Crippen LogP contribution in [0, 0.1) is 23.7 Å². The highest BCUT2D eigenvalue weighted by Gasteiger charge is 2.30. The number of aliphatic hydroxyl groups excluding tert-OH is 1. The van der Waals surface area contributed by atoms with Crippen LogP contribution >= 0.6 is 15.6 Å². The minimum Gasteiger partial charge on any atom is -0.462 e. The van der Waals surface area contributed by atoms with Gasteiger partial charge in [0, 0.05) is 25.7 Å². The van der Waals surface area contributed by atoms with Crippen LogP contribution in [0.4, 0.5) is 0 Å². The zero-order valence-corrected chi connectivity index (χ0v) is 59.8. The minimum absolute atomic E-state index is 0.104. The third kappa shape index (κ3) is 62.0. The molecular formula is C70H136O17P2. The molecule has 0 aliphatic rings. The van der Waals surface area contributed by atoms with Crippen molar-refractivity contribution in [2.45, 2.75) is 363 Å². The molecule has 0 aromatic heterocycles. The molecule has 0 saturated carbocycles. The van der Waals surface area contributed by atoms with E-state index in [4.69, 9.17) is 37.0 Å². The largest absolute Gasteiger partial charge is 0.472 e. The molecule has 0 rings (SSSR count). The van der Waals surface area contributed by atoms with Crippen LogP contribution in [-0.2, 0) is 65.4 Å². The van der Waals surface area contributed by atoms with Crippen LogP contribution in [0.5, 0.6) is 0 Å². The number of phosphoric acid groups is 2. The van der Waals surface area contributed by atoms with Crippen LogP contribution in [0.2, 0.25) is 0 Å². The second-order valence-electron chi connectivity index (χ2n) is 26.7. The maximum atomic E-state index is 13.0. The first-order valence-electron chi connectivity index (χ1n) is 36.3. The summed E-state index contributed by atoms with van der Waals surface area (Å²) >= 11 is 0. The topological polar surface area (TPSA) is 237 Å². The number of hydrogen-bond acceptors (Lipinski definition) is 15. The van der Waals surface area contributed by atoms with E-state index in [-0.39, 0.29) is 25.7 Å². The van der Waals surface area contributed by atoms with Crippen molar-refractivity contribution in [2.24, 2.45) is 23.7 Å². The van der Waals surface area contributed by atoms with Crippen molar-refractivity contribution >= 4 is 39.5 Å². The summed E-state index contributed by atoms with van der Waals surface area (Å²) in [6, 6.07) is 0. The molecule has 0 heterocycles. The summed E-state index contributed by atoms with van der Waals surface area (Å²) in [6.45, 7) is 14.1. The van der Waals surface area contributed by atoms with Crippen molar-refractivity contribution < 1.29 is 80.2 Å². The van der Waals surface area contributed by atoms with Gasteiger partial charge in [-0.2, -0.15) is 0 Å². The molecule has 0 aliphatic heterocycles. The van der Waals surface area contributed by atoms with Crippen LogP contribution < -0.4 is 0 Å². The normalized spacial score (nSPS) is 14.9. The summed E-state index contributed by atoms with van der Waals surface area (Å²) in [6.07, 6.45) is 41.6. The van der Waals surface area contributed by atoms with E-state index in [9.17, 15) is 43.2 Å². The van der Waals surface area contributed by atoms with Gasteiger partial charge in [0.15, 0.2) is 12.2 Å². The standard InChI is InChI=1S/C70H136O17P2/c1-9-62(7)48-40-32-24-18-12-14-20-27-37-45-53-70(75)86-65(56-80-67(72)50-42-34-25-21-15-17-23-31-39-47-61(5)6)58-84-88(76,77)82-54-64(71)55-83-89(78,79)85-59-66(57-81-68(73)51-43-35-29-28-33-41-49-63(8)10-2)87-69(74)52-44-36-26-19-13-11-16-22-30-38-46-60(3)4/h60-66,71H,9-59H2,1-8H3,(H,76,77)(H,78,79)/t62?,63?,64-,65-,66-/m1/s1. The molecule has 0 fully saturated rings. The number of rotatable bonds is 67. The van der Waals surface area contributed by atoms with E-state index < -0.39 is 97.5 Å². The SMILES string of the molecule is CCC(C)CCCCCCCCCCCCC(=O)O[C@H](COC(=O)CCCCCCCCCCCC(C)C)COP(=O)(O)OC[C@@H](O)COP(=O)(O)OC[C@@H](COC(=O)CCCCCCCCC(C)CC)OC(=O)CCCCCCCCCCCCC(C)C. The summed E-state index contributed by atoms with van der Waals surface area (Å²) in [7, 11) is -9.90. The zero-order chi connectivity index (χ0) is 66.1. The second-order valence-corrected chi connectivity index (χ2v) is 29.6. The Morgan fingerprint density at radius 1 is 0.315 bits per heavy atom. The lowest BCUT2D eigenvalue weighted by Gasteiger charge is -2.21. The van der Waals surface area contributed by atoms with E-state index in [2.05, 4.69) is 55.4 Å². The predicted octanol–water partition coefficient (Wildman–Crippen LogP) is 19.7. The molecule has 17 nitrogen and oxygen atoms in total. The van der Waals surface area contributed by atoms with Gasteiger partial charge in [-0.1, -0.05) is 293 Å². The highest BCUT2D eigenvalue weighted by molar-refractivity contribution is 7.47. The molecule has 19 heteroatoms. The summed E-state index contributed by atoms with van der Waals surface area (Å²) in [5, 5.41) is 10.6. The van der Waals surface area contributed by atoms with Crippen molar-refractivity contribution in [2.75, 3.05) is 39.6 Å². The average Bonchev–Trinajstić information content (AvgIpc) is 3.61.